The van der Waals surface area contributed by atoms with E-state index >= 15 is 0 Å². The molecule has 2 N–H and O–H groups in total. The zero-order valence-electron chi connectivity index (χ0n) is 8.52. The van der Waals surface area contributed by atoms with Crippen LogP contribution in [0.5, 0.6) is 0 Å². The van der Waals surface area contributed by atoms with Crippen LogP contribution in [0.2, 0.25) is 0 Å². The Labute approximate surface area is 96.7 Å². The van der Waals surface area contributed by atoms with Gasteiger partial charge in [-0.3, -0.25) is 0 Å². The van der Waals surface area contributed by atoms with Gasteiger partial charge in [0, 0.05) is 28.2 Å². The fourth-order valence-corrected chi connectivity index (χ4v) is 2.18. The van der Waals surface area contributed by atoms with E-state index in [0.29, 0.717) is 11.1 Å². The SMILES string of the molecule is COCc1cc(Br)cc(C2(N)CC2)c1F. The topological polar surface area (TPSA) is 35.2 Å². The largest absolute Gasteiger partial charge is 0.380 e. The van der Waals surface area contributed by atoms with E-state index in [9.17, 15) is 4.39 Å². The van der Waals surface area contributed by atoms with Gasteiger partial charge in [0.05, 0.1) is 6.61 Å². The third-order valence-electron chi connectivity index (χ3n) is 2.74. The number of hydrogen-bond donors (Lipinski definition) is 1. The van der Waals surface area contributed by atoms with E-state index in [0.717, 1.165) is 17.3 Å². The molecule has 0 spiro atoms. The summed E-state index contributed by atoms with van der Waals surface area (Å²) in [5.41, 5.74) is 6.71. The van der Waals surface area contributed by atoms with E-state index in [2.05, 4.69) is 15.9 Å². The summed E-state index contributed by atoms with van der Waals surface area (Å²) < 4.78 is 19.8. The van der Waals surface area contributed by atoms with Crippen molar-refractivity contribution in [1.29, 1.82) is 0 Å². The second kappa shape index (κ2) is 3.85. The first-order valence-electron chi connectivity index (χ1n) is 4.83. The third kappa shape index (κ3) is 2.07. The van der Waals surface area contributed by atoms with Gasteiger partial charge in [0.15, 0.2) is 0 Å². The number of hydrogen-bond acceptors (Lipinski definition) is 2. The molecule has 2 rings (SSSR count). The molecule has 1 aliphatic carbocycles. The first kappa shape index (κ1) is 11.0. The summed E-state index contributed by atoms with van der Waals surface area (Å²) >= 11 is 3.36. The van der Waals surface area contributed by atoms with E-state index < -0.39 is 5.54 Å². The molecular formula is C11H13BrFNO. The van der Waals surface area contributed by atoms with Crippen molar-refractivity contribution in [2.45, 2.75) is 25.0 Å². The first-order chi connectivity index (χ1) is 7.07. The fraction of sp³-hybridized carbons (Fsp3) is 0.455. The van der Waals surface area contributed by atoms with Crippen molar-refractivity contribution in [1.82, 2.24) is 0 Å². The number of ether oxygens (including phenoxy) is 1. The van der Waals surface area contributed by atoms with Gasteiger partial charge in [-0.1, -0.05) is 15.9 Å². The molecule has 0 radical (unpaired) electrons. The summed E-state index contributed by atoms with van der Waals surface area (Å²) in [7, 11) is 1.55. The van der Waals surface area contributed by atoms with Crippen LogP contribution in [0.4, 0.5) is 4.39 Å². The molecule has 1 aromatic carbocycles. The van der Waals surface area contributed by atoms with Crippen LogP contribution in [0.15, 0.2) is 16.6 Å². The van der Waals surface area contributed by atoms with Crippen LogP contribution in [-0.4, -0.2) is 7.11 Å². The predicted molar refractivity (Wildman–Crippen MR) is 59.9 cm³/mol. The molecule has 0 atom stereocenters. The lowest BCUT2D eigenvalue weighted by atomic mass is 10.0. The molecule has 4 heteroatoms. The van der Waals surface area contributed by atoms with Gasteiger partial charge < -0.3 is 10.5 Å². The van der Waals surface area contributed by atoms with Crippen molar-refractivity contribution in [3.63, 3.8) is 0 Å². The Kier molecular flexibility index (Phi) is 2.83. The van der Waals surface area contributed by atoms with Crippen molar-refractivity contribution in [2.75, 3.05) is 7.11 Å². The van der Waals surface area contributed by atoms with Gasteiger partial charge in [-0.05, 0) is 25.0 Å². The van der Waals surface area contributed by atoms with E-state index in [-0.39, 0.29) is 12.4 Å². The molecule has 1 aromatic rings. The molecular weight excluding hydrogens is 261 g/mol. The highest BCUT2D eigenvalue weighted by atomic mass is 79.9. The molecule has 0 unspecified atom stereocenters. The Morgan fingerprint density at radius 2 is 2.20 bits per heavy atom. The number of rotatable bonds is 3. The van der Waals surface area contributed by atoms with E-state index in [1.165, 1.54) is 0 Å². The second-order valence-electron chi connectivity index (χ2n) is 4.02. The Morgan fingerprint density at radius 1 is 1.53 bits per heavy atom. The van der Waals surface area contributed by atoms with Gasteiger partial charge in [0.1, 0.15) is 5.82 Å². The van der Waals surface area contributed by atoms with Crippen LogP contribution in [0, 0.1) is 5.82 Å². The maximum Gasteiger partial charge on any atom is 0.133 e. The van der Waals surface area contributed by atoms with Gasteiger partial charge in [0.25, 0.3) is 0 Å². The molecule has 0 amide bonds. The summed E-state index contributed by atoms with van der Waals surface area (Å²) in [6, 6.07) is 3.50. The lowest BCUT2D eigenvalue weighted by Gasteiger charge is -2.14. The lowest BCUT2D eigenvalue weighted by molar-refractivity contribution is 0.181. The number of nitrogens with two attached hydrogens (primary N) is 1. The van der Waals surface area contributed by atoms with Crippen molar-refractivity contribution in [3.8, 4) is 0 Å². The van der Waals surface area contributed by atoms with Crippen LogP contribution in [0.3, 0.4) is 0 Å². The molecule has 1 aliphatic rings. The van der Waals surface area contributed by atoms with Gasteiger partial charge in [-0.2, -0.15) is 0 Å². The molecule has 0 heterocycles. The number of methoxy groups -OCH3 is 1. The van der Waals surface area contributed by atoms with Crippen molar-refractivity contribution >= 4 is 15.9 Å². The highest BCUT2D eigenvalue weighted by Crippen LogP contribution is 2.45. The standard InChI is InChI=1S/C11H13BrFNO/c1-15-6-7-4-8(12)5-9(10(7)13)11(14)2-3-11/h4-5H,2-3,6,14H2,1H3. The molecule has 1 fully saturated rings. The Hall–Kier alpha value is -0.450. The third-order valence-corrected chi connectivity index (χ3v) is 3.20. The van der Waals surface area contributed by atoms with Crippen LogP contribution < -0.4 is 5.73 Å². The fourth-order valence-electron chi connectivity index (χ4n) is 1.67. The van der Waals surface area contributed by atoms with Crippen molar-refractivity contribution < 1.29 is 9.13 Å². The summed E-state index contributed by atoms with van der Waals surface area (Å²) in [5.74, 6) is -0.222. The van der Waals surface area contributed by atoms with Gasteiger partial charge >= 0.3 is 0 Å². The van der Waals surface area contributed by atoms with E-state index in [1.807, 2.05) is 0 Å². The maximum atomic E-state index is 14.0. The van der Waals surface area contributed by atoms with Crippen molar-refractivity contribution in [2.24, 2.45) is 5.73 Å². The average molecular weight is 274 g/mol. The molecule has 0 aromatic heterocycles. The van der Waals surface area contributed by atoms with Crippen molar-refractivity contribution in [3.05, 3.63) is 33.5 Å². The Balaban J connectivity index is 2.45. The molecule has 0 aliphatic heterocycles. The molecule has 1 saturated carbocycles. The average Bonchev–Trinajstić information content (AvgIpc) is 2.91. The molecule has 2 nitrogen and oxygen atoms in total. The zero-order valence-corrected chi connectivity index (χ0v) is 10.1. The molecule has 0 bridgehead atoms. The van der Waals surface area contributed by atoms with Crippen LogP contribution in [-0.2, 0) is 16.9 Å². The lowest BCUT2D eigenvalue weighted by Crippen LogP contribution is -2.21. The van der Waals surface area contributed by atoms with Gasteiger partial charge in [-0.15, -0.1) is 0 Å². The zero-order chi connectivity index (χ0) is 11.1. The van der Waals surface area contributed by atoms with Crippen LogP contribution in [0.1, 0.15) is 24.0 Å². The molecule has 0 saturated heterocycles. The summed E-state index contributed by atoms with van der Waals surface area (Å²) in [5, 5.41) is 0. The number of benzene rings is 1. The van der Waals surface area contributed by atoms with Gasteiger partial charge in [-0.25, -0.2) is 4.39 Å². The minimum absolute atomic E-state index is 0.222. The summed E-state index contributed by atoms with van der Waals surface area (Å²) in [6.07, 6.45) is 1.71. The second-order valence-corrected chi connectivity index (χ2v) is 4.93. The smallest absolute Gasteiger partial charge is 0.133 e. The van der Waals surface area contributed by atoms with Gasteiger partial charge in [0.2, 0.25) is 0 Å². The Morgan fingerprint density at radius 3 is 2.73 bits per heavy atom. The quantitative estimate of drug-likeness (QED) is 0.919. The van der Waals surface area contributed by atoms with Crippen LogP contribution in [0.25, 0.3) is 0 Å². The molecule has 82 valence electrons. The number of halogens is 2. The summed E-state index contributed by atoms with van der Waals surface area (Å²) in [6.45, 7) is 0.272. The molecule has 15 heavy (non-hydrogen) atoms. The normalized spacial score (nSPS) is 17.9. The minimum atomic E-state index is -0.448. The van der Waals surface area contributed by atoms with E-state index in [4.69, 9.17) is 10.5 Å². The highest BCUT2D eigenvalue weighted by Gasteiger charge is 2.42. The van der Waals surface area contributed by atoms with Crippen LogP contribution >= 0.6 is 15.9 Å². The maximum absolute atomic E-state index is 14.0. The summed E-state index contributed by atoms with van der Waals surface area (Å²) in [4.78, 5) is 0. The monoisotopic (exact) mass is 273 g/mol. The first-order valence-corrected chi connectivity index (χ1v) is 5.62. The minimum Gasteiger partial charge on any atom is -0.380 e. The van der Waals surface area contributed by atoms with E-state index in [1.54, 1.807) is 19.2 Å². The Bertz CT molecular complexity index is 390. The predicted octanol–water partition coefficient (Wildman–Crippen LogP) is 2.68. The highest BCUT2D eigenvalue weighted by molar-refractivity contribution is 9.10.